The number of carbonyl (C=O) groups is 5. The summed E-state index contributed by atoms with van der Waals surface area (Å²) in [7, 11) is 0. The van der Waals surface area contributed by atoms with Gasteiger partial charge in [-0.1, -0.05) is 56.7 Å². The third kappa shape index (κ3) is 13.6. The predicted octanol–water partition coefficient (Wildman–Crippen LogP) is 6.57. The molecule has 3 rings (SSSR count). The number of nitro benzene ring substituents is 1. The molecule has 1 aliphatic heterocycles. The van der Waals surface area contributed by atoms with Gasteiger partial charge >= 0.3 is 36.5 Å². The molecule has 20 nitrogen and oxygen atoms in total. The molecule has 0 radical (unpaired) electrons. The Hall–Kier alpha value is -7.44. The molecular formula is C36H32F5NO19. The summed E-state index contributed by atoms with van der Waals surface area (Å²) < 4.78 is 129. The summed E-state index contributed by atoms with van der Waals surface area (Å²) >= 11 is 0. The average molecular weight is 878 g/mol. The molecule has 0 unspecified atom stereocenters. The largest absolute Gasteiger partial charge is 0.514 e. The fourth-order valence-corrected chi connectivity index (χ4v) is 4.59. The average Bonchev–Trinajstić information content (AvgIpc) is 3.24. The van der Waals surface area contributed by atoms with Crippen LogP contribution < -0.4 is 9.47 Å². The van der Waals surface area contributed by atoms with Gasteiger partial charge < -0.3 is 56.8 Å². The fraction of sp³-hybridized carbons (Fsp3) is 0.306. The van der Waals surface area contributed by atoms with Crippen LogP contribution in [0.5, 0.6) is 11.5 Å². The minimum Gasteiger partial charge on any atom is -0.453 e. The van der Waals surface area contributed by atoms with Gasteiger partial charge in [-0.25, -0.2) is 37.1 Å². The third-order valence-electron chi connectivity index (χ3n) is 7.10. The first-order chi connectivity index (χ1) is 29.1. The minimum atomic E-state index is -2.53. The van der Waals surface area contributed by atoms with Gasteiger partial charge in [0.05, 0.1) is 4.92 Å². The van der Waals surface area contributed by atoms with Crippen LogP contribution in [0.3, 0.4) is 0 Å². The van der Waals surface area contributed by atoms with Crippen molar-refractivity contribution in [2.75, 3.05) is 33.0 Å². The van der Waals surface area contributed by atoms with Gasteiger partial charge in [-0.2, -0.15) is 8.78 Å². The van der Waals surface area contributed by atoms with E-state index in [0.717, 1.165) is 30.4 Å². The fourth-order valence-electron chi connectivity index (χ4n) is 4.59. The normalized spacial score (nSPS) is 17.8. The summed E-state index contributed by atoms with van der Waals surface area (Å²) in [5.41, 5.74) is -1.25. The van der Waals surface area contributed by atoms with E-state index in [9.17, 15) is 56.0 Å². The summed E-state index contributed by atoms with van der Waals surface area (Å²) in [4.78, 5) is 73.9. The highest BCUT2D eigenvalue weighted by molar-refractivity contribution is 5.65. The maximum Gasteiger partial charge on any atom is 0.514 e. The number of nitro groups is 1. The number of ether oxygens (including phenoxy) is 12. The molecule has 0 aliphatic carbocycles. The third-order valence-corrected chi connectivity index (χ3v) is 7.10. The quantitative estimate of drug-likeness (QED) is 0.0167. The van der Waals surface area contributed by atoms with Crippen molar-refractivity contribution >= 4 is 36.5 Å². The highest BCUT2D eigenvalue weighted by Crippen LogP contribution is 2.36. The number of carbonyl (C=O) groups excluding carboxylic acids is 5. The molecule has 1 saturated heterocycles. The number of benzene rings is 2. The van der Waals surface area contributed by atoms with E-state index in [1.165, 1.54) is 6.08 Å². The van der Waals surface area contributed by atoms with E-state index >= 15 is 0 Å². The number of hydrogen-bond donors (Lipinski definition) is 0. The van der Waals surface area contributed by atoms with Gasteiger partial charge in [-0.05, 0) is 11.6 Å². The molecule has 5 atom stereocenters. The van der Waals surface area contributed by atoms with Crippen LogP contribution >= 0.6 is 0 Å². The summed E-state index contributed by atoms with van der Waals surface area (Å²) in [5.74, 6) is -15.1. The summed E-state index contributed by atoms with van der Waals surface area (Å²) in [6.07, 6.45) is -13.4. The highest BCUT2D eigenvalue weighted by atomic mass is 19.2. The van der Waals surface area contributed by atoms with Gasteiger partial charge in [0, 0.05) is 6.07 Å². The number of hydrogen-bond acceptors (Lipinski definition) is 19. The lowest BCUT2D eigenvalue weighted by Crippen LogP contribution is -2.64. The van der Waals surface area contributed by atoms with Crippen LogP contribution in [0.4, 0.5) is 51.6 Å². The molecule has 61 heavy (non-hydrogen) atoms. The molecule has 0 bridgehead atoms. The van der Waals surface area contributed by atoms with Crippen LogP contribution in [0.1, 0.15) is 5.56 Å². The number of rotatable bonds is 19. The lowest BCUT2D eigenvalue weighted by atomic mass is 9.98. The highest BCUT2D eigenvalue weighted by Gasteiger charge is 2.55. The maximum atomic E-state index is 14.0. The first-order valence-electron chi connectivity index (χ1n) is 16.7. The standard InChI is InChI=1S/C36H32F5NO19/c1-5-11-50-32(43)55-17-21-27(58-33(44)51-12-6-2)29(60-34(45)52-13-7-3)30(61-35(46)53-14-8-4)31(57-21)56-20-10-9-18(15-19(20)42(48)49)16-54-36(47)59-28-25(40)23(38)22(37)24(39)26(28)41/h5-10,15,21,27,29-31H,1-4,11-14,16-17H2/t21-,27-,29+,30-,31-/m1/s1. The Morgan fingerprint density at radius 2 is 1.11 bits per heavy atom. The second-order valence-corrected chi connectivity index (χ2v) is 11.2. The van der Waals surface area contributed by atoms with Crippen molar-refractivity contribution in [3.63, 3.8) is 0 Å². The molecular weight excluding hydrogens is 845 g/mol. The minimum absolute atomic E-state index is 0.277. The Bertz CT molecular complexity index is 1970. The second-order valence-electron chi connectivity index (χ2n) is 11.2. The molecule has 0 amide bonds. The van der Waals surface area contributed by atoms with Gasteiger partial charge in [0.1, 0.15) is 45.7 Å². The first-order valence-corrected chi connectivity index (χ1v) is 16.7. The van der Waals surface area contributed by atoms with Crippen LogP contribution in [0, 0.1) is 39.2 Å². The Labute approximate surface area is 339 Å². The van der Waals surface area contributed by atoms with E-state index in [0.29, 0.717) is 6.07 Å². The van der Waals surface area contributed by atoms with Crippen molar-refractivity contribution < 1.29 is 108 Å². The molecule has 330 valence electrons. The van der Waals surface area contributed by atoms with Gasteiger partial charge in [-0.3, -0.25) is 10.1 Å². The van der Waals surface area contributed by atoms with E-state index in [4.69, 9.17) is 47.4 Å². The van der Waals surface area contributed by atoms with E-state index in [1.54, 1.807) is 0 Å². The van der Waals surface area contributed by atoms with E-state index in [1.807, 2.05) is 0 Å². The molecule has 0 N–H and O–H groups in total. The lowest BCUT2D eigenvalue weighted by Gasteiger charge is -2.43. The van der Waals surface area contributed by atoms with Crippen molar-refractivity contribution in [1.29, 1.82) is 0 Å². The van der Waals surface area contributed by atoms with E-state index in [-0.39, 0.29) is 12.2 Å². The summed E-state index contributed by atoms with van der Waals surface area (Å²) in [6.45, 7) is 9.97. The number of nitrogens with zero attached hydrogens (tertiary/aromatic N) is 1. The Balaban J connectivity index is 2.04. The molecule has 2 aromatic rings. The van der Waals surface area contributed by atoms with Crippen molar-refractivity contribution in [3.8, 4) is 11.5 Å². The molecule has 2 aromatic carbocycles. The second kappa shape index (κ2) is 23.2. The Kier molecular flexibility index (Phi) is 18.3. The van der Waals surface area contributed by atoms with Gasteiger partial charge in [-0.15, -0.1) is 0 Å². The molecule has 0 spiro atoms. The van der Waals surface area contributed by atoms with Crippen LogP contribution in [-0.4, -0.2) is 99.4 Å². The molecule has 0 aromatic heterocycles. The summed E-state index contributed by atoms with van der Waals surface area (Å²) in [6, 6.07) is 2.55. The SMILES string of the molecule is C=CCOC(=O)OC[C@H]1O[C@@H](Oc2ccc(COC(=O)Oc3c(F)c(F)c(F)c(F)c3F)cc2[N+](=O)[O-])[C@H](OC(=O)OCC=C)[C@@H](OC(=O)OCC=C)[C@@H]1OC(=O)OCC=C. The van der Waals surface area contributed by atoms with Crippen molar-refractivity contribution in [1.82, 2.24) is 0 Å². The predicted molar refractivity (Wildman–Crippen MR) is 186 cm³/mol. The maximum absolute atomic E-state index is 14.0. The Morgan fingerprint density at radius 3 is 1.62 bits per heavy atom. The van der Waals surface area contributed by atoms with Crippen LogP contribution in [0.25, 0.3) is 0 Å². The van der Waals surface area contributed by atoms with E-state index < -0.39 is 146 Å². The topological polar surface area (TPSA) is 239 Å². The zero-order chi connectivity index (χ0) is 45.2. The Morgan fingerprint density at radius 1 is 0.639 bits per heavy atom. The van der Waals surface area contributed by atoms with Gasteiger partial charge in [0.25, 0.3) is 0 Å². The van der Waals surface area contributed by atoms with Crippen LogP contribution in [-0.2, 0) is 54.0 Å². The first kappa shape index (κ1) is 47.9. The molecule has 1 fully saturated rings. The molecule has 1 heterocycles. The van der Waals surface area contributed by atoms with Crippen molar-refractivity contribution in [3.05, 3.63) is 114 Å². The van der Waals surface area contributed by atoms with Gasteiger partial charge in [0.15, 0.2) is 18.0 Å². The van der Waals surface area contributed by atoms with Crippen LogP contribution in [0.2, 0.25) is 0 Å². The molecule has 1 aliphatic rings. The van der Waals surface area contributed by atoms with Crippen molar-refractivity contribution in [2.45, 2.75) is 37.3 Å². The number of halogens is 5. The van der Waals surface area contributed by atoms with Gasteiger partial charge in [0.2, 0.25) is 47.2 Å². The molecule has 25 heteroatoms. The smallest absolute Gasteiger partial charge is 0.453 e. The summed E-state index contributed by atoms with van der Waals surface area (Å²) in [5, 5.41) is 12.2. The molecule has 0 saturated carbocycles. The monoisotopic (exact) mass is 877 g/mol. The zero-order valence-electron chi connectivity index (χ0n) is 31.1. The zero-order valence-corrected chi connectivity index (χ0v) is 31.1. The van der Waals surface area contributed by atoms with E-state index in [2.05, 4.69) is 35.8 Å². The lowest BCUT2D eigenvalue weighted by molar-refractivity contribution is -0.387. The van der Waals surface area contributed by atoms with Crippen molar-refractivity contribution in [2.24, 2.45) is 0 Å². The van der Waals surface area contributed by atoms with Crippen LogP contribution in [0.15, 0.2) is 68.8 Å².